The lowest BCUT2D eigenvalue weighted by Gasteiger charge is -2.32. The van der Waals surface area contributed by atoms with Crippen LogP contribution in [0.4, 0.5) is 5.82 Å². The summed E-state index contributed by atoms with van der Waals surface area (Å²) in [6.45, 7) is 3.63. The van der Waals surface area contributed by atoms with E-state index < -0.39 is 6.04 Å². The van der Waals surface area contributed by atoms with E-state index in [0.717, 1.165) is 42.9 Å². The number of nitrogens with zero attached hydrogens (tertiary/aromatic N) is 3. The fraction of sp³-hybridized carbons (Fsp3) is 0.407. The Balaban J connectivity index is 1.07. The number of anilines is 1. The van der Waals surface area contributed by atoms with Crippen LogP contribution in [0.1, 0.15) is 37.3 Å². The monoisotopic (exact) mass is 489 g/mol. The Morgan fingerprint density at radius 3 is 2.63 bits per heavy atom. The molecule has 1 unspecified atom stereocenters. The van der Waals surface area contributed by atoms with E-state index in [4.69, 9.17) is 12.2 Å². The van der Waals surface area contributed by atoms with Crippen LogP contribution >= 0.6 is 12.2 Å². The van der Waals surface area contributed by atoms with Gasteiger partial charge in [-0.25, -0.2) is 4.98 Å². The van der Waals surface area contributed by atoms with E-state index in [1.165, 1.54) is 18.4 Å². The zero-order chi connectivity index (χ0) is 24.2. The van der Waals surface area contributed by atoms with E-state index in [2.05, 4.69) is 50.8 Å². The van der Waals surface area contributed by atoms with Gasteiger partial charge in [-0.3, -0.25) is 14.2 Å². The molecule has 1 atom stereocenters. The van der Waals surface area contributed by atoms with Crippen molar-refractivity contribution in [3.63, 3.8) is 0 Å². The van der Waals surface area contributed by atoms with Crippen molar-refractivity contribution in [3.8, 4) is 0 Å². The van der Waals surface area contributed by atoms with Gasteiger partial charge in [-0.1, -0.05) is 42.5 Å². The first-order valence-electron chi connectivity index (χ1n) is 12.4. The largest absolute Gasteiger partial charge is 0.355 e. The summed E-state index contributed by atoms with van der Waals surface area (Å²) >= 11 is 5.46. The SMILES string of the molecule is O=C(CCC1C(=O)Nc2c3ccccc3nc(=S)n21)NCCN1CCC(Cc2ccccc2)CC1. The normalized spacial score (nSPS) is 18.4. The van der Waals surface area contributed by atoms with Gasteiger partial charge in [0, 0.05) is 24.9 Å². The van der Waals surface area contributed by atoms with E-state index in [1.807, 2.05) is 24.3 Å². The van der Waals surface area contributed by atoms with Crippen LogP contribution in [0.3, 0.4) is 0 Å². The molecule has 0 spiro atoms. The Morgan fingerprint density at radius 1 is 1.09 bits per heavy atom. The molecule has 0 bridgehead atoms. The smallest absolute Gasteiger partial charge is 0.248 e. The number of likely N-dealkylation sites (tertiary alicyclic amines) is 1. The number of piperidine rings is 1. The van der Waals surface area contributed by atoms with E-state index in [1.54, 1.807) is 4.57 Å². The van der Waals surface area contributed by atoms with Crippen molar-refractivity contribution in [1.82, 2.24) is 19.8 Å². The molecule has 1 fully saturated rings. The molecule has 182 valence electrons. The second kappa shape index (κ2) is 10.7. The van der Waals surface area contributed by atoms with Crippen LogP contribution in [0.5, 0.6) is 0 Å². The van der Waals surface area contributed by atoms with E-state index in [-0.39, 0.29) is 18.2 Å². The molecule has 2 aromatic carbocycles. The van der Waals surface area contributed by atoms with E-state index in [0.29, 0.717) is 23.6 Å². The third-order valence-electron chi connectivity index (χ3n) is 7.15. The molecule has 2 aliphatic heterocycles. The van der Waals surface area contributed by atoms with Crippen molar-refractivity contribution < 1.29 is 9.59 Å². The number of para-hydroxylation sites is 1. The molecule has 35 heavy (non-hydrogen) atoms. The van der Waals surface area contributed by atoms with Crippen molar-refractivity contribution >= 4 is 40.8 Å². The number of hydrogen-bond acceptors (Lipinski definition) is 5. The Hall–Kier alpha value is -3.10. The van der Waals surface area contributed by atoms with Crippen molar-refractivity contribution in [2.24, 2.45) is 5.92 Å². The summed E-state index contributed by atoms with van der Waals surface area (Å²) in [5, 5.41) is 6.82. The number of aromatic nitrogens is 2. The second-order valence-corrected chi connectivity index (χ2v) is 9.86. The number of rotatable bonds is 8. The molecule has 0 saturated carbocycles. The molecule has 0 radical (unpaired) electrons. The number of hydrogen-bond donors (Lipinski definition) is 2. The highest BCUT2D eigenvalue weighted by Crippen LogP contribution is 2.33. The van der Waals surface area contributed by atoms with Crippen molar-refractivity contribution in [3.05, 3.63) is 64.9 Å². The number of nitrogens with one attached hydrogen (secondary N) is 2. The Bertz CT molecular complexity index is 1270. The first-order chi connectivity index (χ1) is 17.1. The lowest BCUT2D eigenvalue weighted by molar-refractivity contribution is -0.122. The third kappa shape index (κ3) is 5.44. The zero-order valence-corrected chi connectivity index (χ0v) is 20.6. The van der Waals surface area contributed by atoms with Crippen LogP contribution in [0.25, 0.3) is 10.9 Å². The van der Waals surface area contributed by atoms with Crippen LogP contribution in [-0.4, -0.2) is 52.4 Å². The Morgan fingerprint density at radius 2 is 1.83 bits per heavy atom. The summed E-state index contributed by atoms with van der Waals surface area (Å²) < 4.78 is 2.12. The summed E-state index contributed by atoms with van der Waals surface area (Å²) in [5.41, 5.74) is 2.17. The molecule has 5 rings (SSSR count). The quantitative estimate of drug-likeness (QED) is 0.466. The summed E-state index contributed by atoms with van der Waals surface area (Å²) in [4.78, 5) is 32.1. The molecule has 7 nitrogen and oxygen atoms in total. The number of fused-ring (bicyclic) bond motifs is 3. The van der Waals surface area contributed by atoms with Gasteiger partial charge in [0.2, 0.25) is 16.6 Å². The maximum atomic E-state index is 12.7. The van der Waals surface area contributed by atoms with Gasteiger partial charge in [-0.2, -0.15) is 0 Å². The predicted octanol–water partition coefficient (Wildman–Crippen LogP) is 4.11. The molecular formula is C27H31N5O2S. The lowest BCUT2D eigenvalue weighted by Crippen LogP contribution is -2.40. The maximum Gasteiger partial charge on any atom is 0.248 e. The van der Waals surface area contributed by atoms with Crippen LogP contribution in [0, 0.1) is 10.7 Å². The molecular weight excluding hydrogens is 458 g/mol. The van der Waals surface area contributed by atoms with Gasteiger partial charge in [0.1, 0.15) is 11.9 Å². The summed E-state index contributed by atoms with van der Waals surface area (Å²) in [7, 11) is 0. The number of amides is 2. The fourth-order valence-electron chi connectivity index (χ4n) is 5.22. The standard InChI is InChI=1S/C27H31N5O2S/c33-24(28-14-17-31-15-12-20(13-16-31)18-19-6-2-1-3-7-19)11-10-23-26(34)30-25-21-8-4-5-9-22(21)29-27(35)32(23)25/h1-9,20,23H,10-18H2,(H,28,33)(H,30,34). The molecule has 3 heterocycles. The van der Waals surface area contributed by atoms with Gasteiger partial charge in [0.15, 0.2) is 0 Å². The molecule has 2 N–H and O–H groups in total. The summed E-state index contributed by atoms with van der Waals surface area (Å²) in [5.74, 6) is 1.24. The van der Waals surface area contributed by atoms with Gasteiger partial charge in [0.05, 0.1) is 5.52 Å². The second-order valence-electron chi connectivity index (χ2n) is 9.50. The fourth-order valence-corrected chi connectivity index (χ4v) is 5.54. The number of carbonyl (C=O) groups excluding carboxylic acids is 2. The van der Waals surface area contributed by atoms with Crippen LogP contribution < -0.4 is 10.6 Å². The molecule has 2 aliphatic rings. The Kier molecular flexibility index (Phi) is 7.20. The number of carbonyl (C=O) groups is 2. The van der Waals surface area contributed by atoms with Crippen LogP contribution in [-0.2, 0) is 16.0 Å². The molecule has 8 heteroatoms. The molecule has 2 amide bonds. The Labute approximate surface area is 210 Å². The lowest BCUT2D eigenvalue weighted by atomic mass is 9.90. The average Bonchev–Trinajstić information content (AvgIpc) is 3.21. The molecule has 1 saturated heterocycles. The first-order valence-corrected chi connectivity index (χ1v) is 12.8. The van der Waals surface area contributed by atoms with E-state index >= 15 is 0 Å². The van der Waals surface area contributed by atoms with Gasteiger partial charge < -0.3 is 15.5 Å². The van der Waals surface area contributed by atoms with Crippen molar-refractivity contribution in [1.29, 1.82) is 0 Å². The third-order valence-corrected chi connectivity index (χ3v) is 7.44. The zero-order valence-electron chi connectivity index (χ0n) is 19.8. The maximum absolute atomic E-state index is 12.7. The highest BCUT2D eigenvalue weighted by molar-refractivity contribution is 7.71. The highest BCUT2D eigenvalue weighted by atomic mass is 32.1. The topological polar surface area (TPSA) is 79.3 Å². The van der Waals surface area contributed by atoms with Gasteiger partial charge in [-0.15, -0.1) is 0 Å². The predicted molar refractivity (Wildman–Crippen MR) is 140 cm³/mol. The molecule has 3 aromatic rings. The minimum atomic E-state index is -0.510. The van der Waals surface area contributed by atoms with Crippen molar-refractivity contribution in [2.75, 3.05) is 31.5 Å². The van der Waals surface area contributed by atoms with Crippen LogP contribution in [0.15, 0.2) is 54.6 Å². The summed E-state index contributed by atoms with van der Waals surface area (Å²) in [6.07, 6.45) is 4.21. The molecule has 0 aliphatic carbocycles. The average molecular weight is 490 g/mol. The van der Waals surface area contributed by atoms with Gasteiger partial charge in [-0.05, 0) is 74.6 Å². The minimum absolute atomic E-state index is 0.0366. The summed E-state index contributed by atoms with van der Waals surface area (Å²) in [6, 6.07) is 17.8. The van der Waals surface area contributed by atoms with Gasteiger partial charge in [0.25, 0.3) is 0 Å². The minimum Gasteiger partial charge on any atom is -0.355 e. The van der Waals surface area contributed by atoms with Gasteiger partial charge >= 0.3 is 0 Å². The number of benzene rings is 2. The highest BCUT2D eigenvalue weighted by Gasteiger charge is 2.32. The van der Waals surface area contributed by atoms with Crippen molar-refractivity contribution in [2.45, 2.75) is 38.1 Å². The molecule has 1 aromatic heterocycles. The van der Waals surface area contributed by atoms with Crippen LogP contribution in [0.2, 0.25) is 0 Å². The first kappa shape index (κ1) is 23.6. The van der Waals surface area contributed by atoms with E-state index in [9.17, 15) is 9.59 Å².